The Hall–Kier alpha value is -0.770. The van der Waals surface area contributed by atoms with Gasteiger partial charge in [-0.25, -0.2) is 0 Å². The molecule has 1 aromatic rings. The molecule has 0 amide bonds. The van der Waals surface area contributed by atoms with Gasteiger partial charge in [0.1, 0.15) is 5.75 Å². The first-order valence-electron chi connectivity index (χ1n) is 6.85. The molecule has 2 N–H and O–H groups in total. The molecule has 0 unspecified atom stereocenters. The van der Waals surface area contributed by atoms with Gasteiger partial charge in [0, 0.05) is 29.2 Å². The van der Waals surface area contributed by atoms with Crippen LogP contribution in [0.1, 0.15) is 31.2 Å². The second kappa shape index (κ2) is 6.12. The van der Waals surface area contributed by atoms with Gasteiger partial charge in [0.25, 0.3) is 0 Å². The number of ether oxygens (including phenoxy) is 1. The summed E-state index contributed by atoms with van der Waals surface area (Å²) in [6, 6.07) is 5.77. The summed E-state index contributed by atoms with van der Waals surface area (Å²) in [5.41, 5.74) is 7.29. The summed E-state index contributed by atoms with van der Waals surface area (Å²) >= 11 is 6.09. The highest BCUT2D eigenvalue weighted by Crippen LogP contribution is 2.35. The predicted octanol–water partition coefficient (Wildman–Crippen LogP) is 3.05. The molecule has 3 nitrogen and oxygen atoms in total. The highest BCUT2D eigenvalue weighted by molar-refractivity contribution is 6.30. The molecule has 2 rings (SSSR count). The fraction of sp³-hybridized carbons (Fsp3) is 0.600. The maximum atomic E-state index is 6.09. The van der Waals surface area contributed by atoms with E-state index in [2.05, 4.69) is 11.9 Å². The van der Waals surface area contributed by atoms with E-state index in [9.17, 15) is 0 Å². The second-order valence-corrected chi connectivity index (χ2v) is 5.88. The van der Waals surface area contributed by atoms with Gasteiger partial charge in [-0.1, -0.05) is 24.4 Å². The predicted molar refractivity (Wildman–Crippen MR) is 79.7 cm³/mol. The molecule has 0 heterocycles. The third kappa shape index (κ3) is 3.04. The number of hydrogen-bond acceptors (Lipinski definition) is 3. The summed E-state index contributed by atoms with van der Waals surface area (Å²) < 4.78 is 5.41. The van der Waals surface area contributed by atoms with Gasteiger partial charge in [-0.15, -0.1) is 0 Å². The van der Waals surface area contributed by atoms with Crippen molar-refractivity contribution in [3.63, 3.8) is 0 Å². The first-order chi connectivity index (χ1) is 9.11. The van der Waals surface area contributed by atoms with E-state index in [0.717, 1.165) is 22.9 Å². The van der Waals surface area contributed by atoms with Gasteiger partial charge >= 0.3 is 0 Å². The van der Waals surface area contributed by atoms with Crippen LogP contribution in [0.2, 0.25) is 5.02 Å². The van der Waals surface area contributed by atoms with Gasteiger partial charge in [-0.05, 0) is 38.1 Å². The van der Waals surface area contributed by atoms with Crippen LogP contribution in [0.25, 0.3) is 0 Å². The maximum Gasteiger partial charge on any atom is 0.123 e. The lowest BCUT2D eigenvalue weighted by molar-refractivity contribution is 0.123. The van der Waals surface area contributed by atoms with E-state index in [0.29, 0.717) is 6.54 Å². The number of hydrogen-bond donors (Lipinski definition) is 1. The molecule has 0 spiro atoms. The van der Waals surface area contributed by atoms with Gasteiger partial charge in [-0.3, -0.25) is 4.90 Å². The zero-order chi connectivity index (χ0) is 13.9. The Labute approximate surface area is 120 Å². The van der Waals surface area contributed by atoms with Crippen LogP contribution in [0, 0.1) is 0 Å². The Kier molecular flexibility index (Phi) is 4.71. The van der Waals surface area contributed by atoms with Crippen LogP contribution >= 0.6 is 11.6 Å². The van der Waals surface area contributed by atoms with Crippen LogP contribution in [-0.2, 0) is 6.54 Å². The normalized spacial score (nSPS) is 17.9. The molecule has 0 saturated heterocycles. The minimum atomic E-state index is 0.146. The first-order valence-corrected chi connectivity index (χ1v) is 7.23. The number of halogens is 1. The molecule has 0 bridgehead atoms. The largest absolute Gasteiger partial charge is 0.496 e. The molecule has 0 radical (unpaired) electrons. The number of rotatable bonds is 5. The highest BCUT2D eigenvalue weighted by Gasteiger charge is 2.36. The minimum Gasteiger partial charge on any atom is -0.496 e. The summed E-state index contributed by atoms with van der Waals surface area (Å²) in [5, 5.41) is 0.748. The summed E-state index contributed by atoms with van der Waals surface area (Å²) in [7, 11) is 3.85. The van der Waals surface area contributed by atoms with Crippen molar-refractivity contribution in [1.29, 1.82) is 0 Å². The maximum absolute atomic E-state index is 6.09. The zero-order valence-electron chi connectivity index (χ0n) is 11.8. The summed E-state index contributed by atoms with van der Waals surface area (Å²) in [5.74, 6) is 0.890. The average molecular weight is 283 g/mol. The number of nitrogens with zero attached hydrogens (tertiary/aromatic N) is 1. The average Bonchev–Trinajstić information content (AvgIpc) is 2.89. The Morgan fingerprint density at radius 2 is 2.05 bits per heavy atom. The number of benzene rings is 1. The lowest BCUT2D eigenvalue weighted by atomic mass is 9.95. The van der Waals surface area contributed by atoms with Gasteiger partial charge in [-0.2, -0.15) is 0 Å². The third-order valence-electron chi connectivity index (χ3n) is 4.37. The van der Waals surface area contributed by atoms with E-state index in [1.54, 1.807) is 7.11 Å². The summed E-state index contributed by atoms with van der Waals surface area (Å²) in [6.45, 7) is 1.54. The van der Waals surface area contributed by atoms with Crippen molar-refractivity contribution in [3.05, 3.63) is 28.8 Å². The molecular formula is C15H23ClN2O. The van der Waals surface area contributed by atoms with E-state index in [4.69, 9.17) is 22.1 Å². The van der Waals surface area contributed by atoms with Crippen molar-refractivity contribution >= 4 is 11.6 Å². The second-order valence-electron chi connectivity index (χ2n) is 5.45. The smallest absolute Gasteiger partial charge is 0.123 e. The molecular weight excluding hydrogens is 260 g/mol. The molecule has 0 atom stereocenters. The third-order valence-corrected chi connectivity index (χ3v) is 4.61. The molecule has 0 aliphatic heterocycles. The minimum absolute atomic E-state index is 0.146. The summed E-state index contributed by atoms with van der Waals surface area (Å²) in [6.07, 6.45) is 4.91. The molecule has 4 heteroatoms. The van der Waals surface area contributed by atoms with Crippen LogP contribution in [0.5, 0.6) is 5.75 Å². The van der Waals surface area contributed by atoms with Crippen LogP contribution in [0.15, 0.2) is 18.2 Å². The van der Waals surface area contributed by atoms with Crippen LogP contribution in [0.4, 0.5) is 0 Å². The SMILES string of the molecule is COc1ccc(Cl)cc1CN(C)C1(CN)CCCC1. The van der Waals surface area contributed by atoms with Gasteiger partial charge in [0.15, 0.2) is 0 Å². The molecule has 19 heavy (non-hydrogen) atoms. The van der Waals surface area contributed by atoms with E-state index in [-0.39, 0.29) is 5.54 Å². The molecule has 1 aliphatic carbocycles. The molecule has 1 saturated carbocycles. The topological polar surface area (TPSA) is 38.5 Å². The van der Waals surface area contributed by atoms with Crippen LogP contribution in [0.3, 0.4) is 0 Å². The fourth-order valence-corrected chi connectivity index (χ4v) is 3.26. The van der Waals surface area contributed by atoms with Crippen LogP contribution < -0.4 is 10.5 Å². The Morgan fingerprint density at radius 3 is 2.63 bits per heavy atom. The quantitative estimate of drug-likeness (QED) is 0.902. The first kappa shape index (κ1) is 14.6. The molecule has 1 aliphatic rings. The lowest BCUT2D eigenvalue weighted by Crippen LogP contribution is -2.49. The van der Waals surface area contributed by atoms with Gasteiger partial charge in [0.05, 0.1) is 7.11 Å². The van der Waals surface area contributed by atoms with Crippen LogP contribution in [-0.4, -0.2) is 31.1 Å². The standard InChI is InChI=1S/C15H23ClN2O/c1-18(15(11-17)7-3-4-8-15)10-12-9-13(16)5-6-14(12)19-2/h5-6,9H,3-4,7-8,10-11,17H2,1-2H3. The Balaban J connectivity index is 2.18. The molecule has 1 aromatic carbocycles. The van der Waals surface area contributed by atoms with Crippen molar-refractivity contribution < 1.29 is 4.74 Å². The van der Waals surface area contributed by atoms with E-state index >= 15 is 0 Å². The zero-order valence-corrected chi connectivity index (χ0v) is 12.5. The van der Waals surface area contributed by atoms with E-state index in [1.165, 1.54) is 25.7 Å². The van der Waals surface area contributed by atoms with E-state index < -0.39 is 0 Å². The summed E-state index contributed by atoms with van der Waals surface area (Å²) in [4.78, 5) is 2.37. The van der Waals surface area contributed by atoms with E-state index in [1.807, 2.05) is 18.2 Å². The fourth-order valence-electron chi connectivity index (χ4n) is 3.07. The Morgan fingerprint density at radius 1 is 1.37 bits per heavy atom. The van der Waals surface area contributed by atoms with Crippen molar-refractivity contribution in [2.24, 2.45) is 5.73 Å². The van der Waals surface area contributed by atoms with Crippen molar-refractivity contribution in [2.45, 2.75) is 37.8 Å². The van der Waals surface area contributed by atoms with Crippen molar-refractivity contribution in [2.75, 3.05) is 20.7 Å². The van der Waals surface area contributed by atoms with Gasteiger partial charge < -0.3 is 10.5 Å². The van der Waals surface area contributed by atoms with Crippen molar-refractivity contribution in [1.82, 2.24) is 4.90 Å². The monoisotopic (exact) mass is 282 g/mol. The molecule has 106 valence electrons. The lowest BCUT2D eigenvalue weighted by Gasteiger charge is -2.38. The number of methoxy groups -OCH3 is 1. The van der Waals surface area contributed by atoms with Gasteiger partial charge in [0.2, 0.25) is 0 Å². The van der Waals surface area contributed by atoms with Crippen molar-refractivity contribution in [3.8, 4) is 5.75 Å². The highest BCUT2D eigenvalue weighted by atomic mass is 35.5. The number of nitrogens with two attached hydrogens (primary N) is 1. The molecule has 0 aromatic heterocycles. The number of likely N-dealkylation sites (N-methyl/N-ethyl adjacent to an activating group) is 1. The Bertz CT molecular complexity index is 430. The molecule has 1 fully saturated rings.